The van der Waals surface area contributed by atoms with Gasteiger partial charge in [-0.05, 0) is 25.5 Å². The molecule has 112 valence electrons. The van der Waals surface area contributed by atoms with Crippen molar-refractivity contribution in [2.24, 2.45) is 0 Å². The van der Waals surface area contributed by atoms with Crippen molar-refractivity contribution in [2.75, 3.05) is 17.3 Å². The lowest BCUT2D eigenvalue weighted by atomic mass is 10.3. The van der Waals surface area contributed by atoms with Gasteiger partial charge in [0.1, 0.15) is 0 Å². The summed E-state index contributed by atoms with van der Waals surface area (Å²) in [6, 6.07) is 8.55. The van der Waals surface area contributed by atoms with Gasteiger partial charge in [-0.15, -0.1) is 0 Å². The minimum atomic E-state index is -3.24. The van der Waals surface area contributed by atoms with Crippen LogP contribution in [0.25, 0.3) is 0 Å². The second kappa shape index (κ2) is 8.32. The van der Waals surface area contributed by atoms with Gasteiger partial charge in [-0.25, -0.2) is 8.42 Å². The Kier molecular flexibility index (Phi) is 7.09. The lowest BCUT2D eigenvalue weighted by Crippen LogP contribution is -2.33. The molecule has 0 aliphatic carbocycles. The molecule has 1 aromatic carbocycles. The average molecular weight is 315 g/mol. The molecule has 1 amide bonds. The predicted octanol–water partition coefficient (Wildman–Crippen LogP) is 2.11. The number of carbonyl (C=O) groups is 1. The Bertz CT molecular complexity index is 514. The Labute approximate surface area is 125 Å². The van der Waals surface area contributed by atoms with E-state index in [-0.39, 0.29) is 17.7 Å². The molecule has 0 fully saturated rings. The number of carbonyl (C=O) groups excluding carboxylic acids is 1. The van der Waals surface area contributed by atoms with Crippen LogP contribution in [0.15, 0.2) is 35.2 Å². The van der Waals surface area contributed by atoms with Crippen molar-refractivity contribution in [2.45, 2.75) is 31.2 Å². The summed E-state index contributed by atoms with van der Waals surface area (Å²) in [6.45, 7) is 3.95. The summed E-state index contributed by atoms with van der Waals surface area (Å²) in [5.41, 5.74) is 0. The molecule has 1 N–H and O–H groups in total. The van der Waals surface area contributed by atoms with E-state index in [4.69, 9.17) is 0 Å². The second-order valence-electron chi connectivity index (χ2n) is 4.56. The van der Waals surface area contributed by atoms with Crippen molar-refractivity contribution in [1.82, 2.24) is 5.32 Å². The molecule has 1 rings (SSSR count). The van der Waals surface area contributed by atoms with Crippen molar-refractivity contribution in [3.8, 4) is 0 Å². The van der Waals surface area contributed by atoms with Crippen molar-refractivity contribution in [3.05, 3.63) is 30.3 Å². The normalized spacial score (nSPS) is 12.9. The second-order valence-corrected chi connectivity index (χ2v) is 7.78. The number of rotatable bonds is 8. The van der Waals surface area contributed by atoms with Crippen LogP contribution in [0.5, 0.6) is 0 Å². The smallest absolute Gasteiger partial charge is 0.230 e. The van der Waals surface area contributed by atoms with E-state index in [0.29, 0.717) is 16.4 Å². The molecule has 0 aliphatic heterocycles. The summed E-state index contributed by atoms with van der Waals surface area (Å²) in [6.07, 6.45) is 0.888. The minimum Gasteiger partial charge on any atom is -0.353 e. The van der Waals surface area contributed by atoms with E-state index in [0.717, 1.165) is 6.42 Å². The molecule has 20 heavy (non-hydrogen) atoms. The molecule has 0 bridgehead atoms. The van der Waals surface area contributed by atoms with Crippen LogP contribution in [0.1, 0.15) is 20.3 Å². The highest BCUT2D eigenvalue weighted by atomic mass is 32.2. The maximum Gasteiger partial charge on any atom is 0.230 e. The summed E-state index contributed by atoms with van der Waals surface area (Å²) in [5.74, 6) is 0.736. The Balaban J connectivity index is 2.33. The van der Waals surface area contributed by atoms with E-state index in [9.17, 15) is 13.2 Å². The molecule has 1 aromatic rings. The molecule has 1 atom stereocenters. The molecule has 4 nitrogen and oxygen atoms in total. The molecular weight excluding hydrogens is 294 g/mol. The molecule has 0 unspecified atom stereocenters. The van der Waals surface area contributed by atoms with Gasteiger partial charge in [0.05, 0.1) is 16.4 Å². The highest BCUT2D eigenvalue weighted by Gasteiger charge is 2.14. The molecular formula is C14H21NO3S2. The maximum absolute atomic E-state index is 12.0. The third-order valence-electron chi connectivity index (χ3n) is 2.85. The Morgan fingerprint density at radius 1 is 1.30 bits per heavy atom. The topological polar surface area (TPSA) is 63.2 Å². The number of hydrogen-bond donors (Lipinski definition) is 1. The number of benzene rings is 1. The van der Waals surface area contributed by atoms with Crippen LogP contribution in [0.2, 0.25) is 0 Å². The van der Waals surface area contributed by atoms with Gasteiger partial charge in [-0.2, -0.15) is 11.8 Å². The van der Waals surface area contributed by atoms with Crippen molar-refractivity contribution in [1.29, 1.82) is 0 Å². The van der Waals surface area contributed by atoms with Crippen LogP contribution in [0.4, 0.5) is 0 Å². The van der Waals surface area contributed by atoms with Crippen LogP contribution in [0.3, 0.4) is 0 Å². The first kappa shape index (κ1) is 17.0. The zero-order valence-electron chi connectivity index (χ0n) is 11.8. The highest BCUT2D eigenvalue weighted by molar-refractivity contribution is 8.01. The molecule has 0 saturated carbocycles. The summed E-state index contributed by atoms with van der Waals surface area (Å²) < 4.78 is 24.0. The van der Waals surface area contributed by atoms with E-state index in [1.807, 2.05) is 13.8 Å². The summed E-state index contributed by atoms with van der Waals surface area (Å²) in [7, 11) is -3.24. The third-order valence-corrected chi connectivity index (χ3v) is 5.80. The monoisotopic (exact) mass is 315 g/mol. The van der Waals surface area contributed by atoms with Crippen molar-refractivity contribution >= 4 is 27.5 Å². The minimum absolute atomic E-state index is 0.0403. The van der Waals surface area contributed by atoms with Crippen LogP contribution in [-0.4, -0.2) is 37.6 Å². The molecule has 0 aromatic heterocycles. The first-order chi connectivity index (χ1) is 9.45. The molecule has 6 heteroatoms. The van der Waals surface area contributed by atoms with Gasteiger partial charge in [-0.3, -0.25) is 4.79 Å². The molecule has 0 aliphatic rings. The Morgan fingerprint density at radius 2 is 1.95 bits per heavy atom. The van der Waals surface area contributed by atoms with E-state index >= 15 is 0 Å². The average Bonchev–Trinajstić information content (AvgIpc) is 2.44. The summed E-state index contributed by atoms with van der Waals surface area (Å²) in [4.78, 5) is 11.9. The van der Waals surface area contributed by atoms with Gasteiger partial charge in [0.15, 0.2) is 9.84 Å². The fourth-order valence-corrected chi connectivity index (χ4v) is 4.07. The Morgan fingerprint density at radius 3 is 2.55 bits per heavy atom. The van der Waals surface area contributed by atoms with Gasteiger partial charge in [0.2, 0.25) is 5.91 Å². The van der Waals surface area contributed by atoms with E-state index < -0.39 is 9.84 Å². The molecule has 0 saturated heterocycles. The van der Waals surface area contributed by atoms with E-state index in [2.05, 4.69) is 5.32 Å². The maximum atomic E-state index is 12.0. The van der Waals surface area contributed by atoms with Gasteiger partial charge in [0.25, 0.3) is 0 Å². The number of sulfone groups is 1. The van der Waals surface area contributed by atoms with Gasteiger partial charge >= 0.3 is 0 Å². The van der Waals surface area contributed by atoms with E-state index in [1.54, 1.807) is 30.3 Å². The zero-order chi connectivity index (χ0) is 15.0. The first-order valence-corrected chi connectivity index (χ1v) is 9.41. The molecule has 0 radical (unpaired) electrons. The molecule has 0 spiro atoms. The van der Waals surface area contributed by atoms with Gasteiger partial charge in [0, 0.05) is 11.8 Å². The lowest BCUT2D eigenvalue weighted by Gasteiger charge is -2.10. The standard InChI is InChI=1S/C14H21NO3S2/c1-3-12(2)15-14(16)11-19-9-10-20(17,18)13-7-5-4-6-8-13/h4-8,12H,3,9-11H2,1-2H3,(H,15,16)/t12-/m0/s1. The van der Waals surface area contributed by atoms with E-state index in [1.165, 1.54) is 11.8 Å². The quantitative estimate of drug-likeness (QED) is 0.746. The number of nitrogens with one attached hydrogen (secondary N) is 1. The van der Waals surface area contributed by atoms with Crippen molar-refractivity contribution in [3.63, 3.8) is 0 Å². The highest BCUT2D eigenvalue weighted by Crippen LogP contribution is 2.12. The van der Waals surface area contributed by atoms with Crippen LogP contribution in [-0.2, 0) is 14.6 Å². The summed E-state index contributed by atoms with van der Waals surface area (Å²) in [5, 5.41) is 2.85. The molecule has 0 heterocycles. The fraction of sp³-hybridized carbons (Fsp3) is 0.500. The predicted molar refractivity (Wildman–Crippen MR) is 83.7 cm³/mol. The van der Waals surface area contributed by atoms with Crippen LogP contribution < -0.4 is 5.32 Å². The van der Waals surface area contributed by atoms with Crippen LogP contribution >= 0.6 is 11.8 Å². The first-order valence-electron chi connectivity index (χ1n) is 6.60. The summed E-state index contributed by atoms with van der Waals surface area (Å²) >= 11 is 1.34. The lowest BCUT2D eigenvalue weighted by molar-refractivity contribution is -0.119. The largest absolute Gasteiger partial charge is 0.353 e. The SMILES string of the molecule is CC[C@H](C)NC(=O)CSCCS(=O)(=O)c1ccccc1. The number of amides is 1. The van der Waals surface area contributed by atoms with Crippen molar-refractivity contribution < 1.29 is 13.2 Å². The zero-order valence-corrected chi connectivity index (χ0v) is 13.5. The van der Waals surface area contributed by atoms with Gasteiger partial charge in [-0.1, -0.05) is 25.1 Å². The Hall–Kier alpha value is -1.01. The fourth-order valence-electron chi connectivity index (χ4n) is 1.50. The number of thioether (sulfide) groups is 1. The third kappa shape index (κ3) is 5.96. The number of hydrogen-bond acceptors (Lipinski definition) is 4. The van der Waals surface area contributed by atoms with Gasteiger partial charge < -0.3 is 5.32 Å². The van der Waals surface area contributed by atoms with Crippen LogP contribution in [0, 0.1) is 0 Å².